The van der Waals surface area contributed by atoms with Gasteiger partial charge in [-0.1, -0.05) is 11.5 Å². The largest absolute Gasteiger partial charge is 0.338 e. The summed E-state index contributed by atoms with van der Waals surface area (Å²) in [5.74, 6) is -0.461. The molecule has 176 valence electrons. The standard InChI is InChI=1S/C24H21BFN5O4/c1-12-20-19(21(29(2)22(12)32)27-18-10-3-13(25)11-17(18)26)23(33)31(16-8-9-16)24(34)30(20)15-6-4-14(28-35)5-7-15/h3-7,10-11,16,27H,8-9,25H2,1-2H3. The van der Waals surface area contributed by atoms with Gasteiger partial charge in [0.1, 0.15) is 30.6 Å². The van der Waals surface area contributed by atoms with Gasteiger partial charge in [0.25, 0.3) is 11.1 Å². The number of rotatable bonds is 5. The van der Waals surface area contributed by atoms with Gasteiger partial charge in [-0.05, 0) is 61.3 Å². The number of aromatic nitrogens is 3. The molecule has 1 aliphatic rings. The number of nitrogens with zero attached hydrogens (tertiary/aromatic N) is 4. The van der Waals surface area contributed by atoms with Gasteiger partial charge in [-0.2, -0.15) is 0 Å². The maximum absolute atomic E-state index is 14.7. The maximum Gasteiger partial charge on any atom is 0.336 e. The Balaban J connectivity index is 1.92. The van der Waals surface area contributed by atoms with Crippen molar-refractivity contribution in [1.82, 2.24) is 13.7 Å². The van der Waals surface area contributed by atoms with Crippen molar-refractivity contribution in [3.05, 3.63) is 89.9 Å². The number of anilines is 2. The quantitative estimate of drug-likeness (QED) is 0.353. The van der Waals surface area contributed by atoms with E-state index in [0.717, 1.165) is 0 Å². The zero-order valence-electron chi connectivity index (χ0n) is 19.3. The second kappa shape index (κ2) is 8.19. The fourth-order valence-corrected chi connectivity index (χ4v) is 4.37. The van der Waals surface area contributed by atoms with Crippen molar-refractivity contribution in [2.24, 2.45) is 12.2 Å². The Labute approximate surface area is 198 Å². The Kier molecular flexibility index (Phi) is 5.27. The van der Waals surface area contributed by atoms with E-state index < -0.39 is 22.6 Å². The van der Waals surface area contributed by atoms with Crippen molar-refractivity contribution >= 4 is 41.4 Å². The first-order valence-electron chi connectivity index (χ1n) is 11.1. The molecule has 0 spiro atoms. The van der Waals surface area contributed by atoms with E-state index in [1.807, 2.05) is 0 Å². The van der Waals surface area contributed by atoms with Crippen LogP contribution in [0, 0.1) is 17.6 Å². The fourth-order valence-electron chi connectivity index (χ4n) is 4.37. The fraction of sp³-hybridized carbons (Fsp3) is 0.208. The molecule has 1 fully saturated rings. The molecule has 0 aliphatic heterocycles. The molecule has 0 bridgehead atoms. The Morgan fingerprint density at radius 2 is 1.74 bits per heavy atom. The third kappa shape index (κ3) is 3.59. The SMILES string of the molecule is Bc1ccc(Nc2c3c(=O)n(C4CC4)c(=O)n(-c4ccc(N=O)cc4)c3c(C)c(=O)n2C)c(F)c1. The molecule has 0 atom stereocenters. The van der Waals surface area contributed by atoms with Crippen LogP contribution in [-0.2, 0) is 7.05 Å². The first-order chi connectivity index (χ1) is 16.7. The third-order valence-electron chi connectivity index (χ3n) is 6.35. The van der Waals surface area contributed by atoms with E-state index in [9.17, 15) is 23.7 Å². The second-order valence-electron chi connectivity index (χ2n) is 8.80. The summed E-state index contributed by atoms with van der Waals surface area (Å²) in [6.07, 6.45) is 1.35. The minimum atomic E-state index is -0.583. The van der Waals surface area contributed by atoms with Crippen molar-refractivity contribution in [1.29, 1.82) is 0 Å². The Morgan fingerprint density at radius 3 is 2.34 bits per heavy atom. The van der Waals surface area contributed by atoms with Crippen LogP contribution >= 0.6 is 0 Å². The minimum absolute atomic E-state index is 0.0812. The first-order valence-corrected chi connectivity index (χ1v) is 11.1. The van der Waals surface area contributed by atoms with E-state index in [0.29, 0.717) is 24.0 Å². The van der Waals surface area contributed by atoms with Crippen LogP contribution < -0.4 is 27.6 Å². The van der Waals surface area contributed by atoms with E-state index >= 15 is 0 Å². The molecule has 2 aromatic heterocycles. The molecule has 5 rings (SSSR count). The van der Waals surface area contributed by atoms with Crippen molar-refractivity contribution < 1.29 is 4.39 Å². The van der Waals surface area contributed by atoms with Gasteiger partial charge in [0.15, 0.2) is 0 Å². The summed E-state index contributed by atoms with van der Waals surface area (Å²) in [6, 6.07) is 10.3. The van der Waals surface area contributed by atoms with Crippen LogP contribution in [0.2, 0.25) is 0 Å². The molecule has 9 nitrogen and oxygen atoms in total. The van der Waals surface area contributed by atoms with Gasteiger partial charge in [-0.15, -0.1) is 4.91 Å². The normalized spacial score (nSPS) is 13.2. The van der Waals surface area contributed by atoms with Crippen molar-refractivity contribution in [3.63, 3.8) is 0 Å². The molecule has 1 saturated carbocycles. The molecule has 0 amide bonds. The summed E-state index contributed by atoms with van der Waals surface area (Å²) < 4.78 is 18.5. The number of hydrogen-bond donors (Lipinski definition) is 1. The summed E-state index contributed by atoms with van der Waals surface area (Å²) in [6.45, 7) is 1.54. The molecule has 0 radical (unpaired) electrons. The molecular formula is C24H21BFN5O4. The summed E-state index contributed by atoms with van der Waals surface area (Å²) >= 11 is 0. The molecular weight excluding hydrogens is 452 g/mol. The maximum atomic E-state index is 14.7. The van der Waals surface area contributed by atoms with E-state index in [1.165, 1.54) is 57.1 Å². The summed E-state index contributed by atoms with van der Waals surface area (Å²) in [5, 5.41) is 5.90. The Hall–Kier alpha value is -4.28. The van der Waals surface area contributed by atoms with E-state index in [2.05, 4.69) is 10.5 Å². The molecule has 35 heavy (non-hydrogen) atoms. The monoisotopic (exact) mass is 473 g/mol. The number of fused-ring (bicyclic) bond motifs is 1. The smallest absolute Gasteiger partial charge is 0.336 e. The number of aryl methyl sites for hydroxylation is 1. The molecule has 2 aromatic carbocycles. The van der Waals surface area contributed by atoms with Gasteiger partial charge in [-0.3, -0.25) is 23.3 Å². The number of hydrogen-bond acceptors (Lipinski definition) is 6. The van der Waals surface area contributed by atoms with Crippen LogP contribution in [0.1, 0.15) is 24.4 Å². The number of nitroso groups, excluding NO2 is 1. The Bertz CT molecular complexity index is 1700. The zero-order valence-corrected chi connectivity index (χ0v) is 19.3. The predicted molar refractivity (Wildman–Crippen MR) is 135 cm³/mol. The highest BCUT2D eigenvalue weighted by molar-refractivity contribution is 6.32. The van der Waals surface area contributed by atoms with Gasteiger partial charge >= 0.3 is 5.69 Å². The zero-order chi connectivity index (χ0) is 25.0. The van der Waals surface area contributed by atoms with Gasteiger partial charge in [0, 0.05) is 18.7 Å². The van der Waals surface area contributed by atoms with Crippen molar-refractivity contribution in [2.45, 2.75) is 25.8 Å². The van der Waals surface area contributed by atoms with Crippen LogP contribution in [0.4, 0.5) is 21.6 Å². The van der Waals surface area contributed by atoms with Gasteiger partial charge < -0.3 is 5.32 Å². The molecule has 0 unspecified atom stereocenters. The summed E-state index contributed by atoms with van der Waals surface area (Å²) in [7, 11) is 3.24. The second-order valence-corrected chi connectivity index (χ2v) is 8.80. The van der Waals surface area contributed by atoms with Crippen molar-refractivity contribution in [2.75, 3.05) is 5.32 Å². The van der Waals surface area contributed by atoms with Crippen LogP contribution in [0.3, 0.4) is 0 Å². The highest BCUT2D eigenvalue weighted by atomic mass is 19.1. The lowest BCUT2D eigenvalue weighted by Gasteiger charge is -2.20. The van der Waals surface area contributed by atoms with E-state index in [4.69, 9.17) is 0 Å². The van der Waals surface area contributed by atoms with Crippen molar-refractivity contribution in [3.8, 4) is 5.69 Å². The van der Waals surface area contributed by atoms with Gasteiger partial charge in [0.05, 0.1) is 16.9 Å². The lowest BCUT2D eigenvalue weighted by molar-refractivity contribution is 0.632. The molecule has 4 aromatic rings. The summed E-state index contributed by atoms with van der Waals surface area (Å²) in [4.78, 5) is 51.4. The first kappa shape index (κ1) is 22.5. The van der Waals surface area contributed by atoms with Gasteiger partial charge in [-0.25, -0.2) is 9.18 Å². The van der Waals surface area contributed by atoms with Crippen LogP contribution in [0.25, 0.3) is 16.6 Å². The highest BCUT2D eigenvalue weighted by Gasteiger charge is 2.31. The van der Waals surface area contributed by atoms with Crippen LogP contribution in [0.5, 0.6) is 0 Å². The molecule has 0 saturated heterocycles. The topological polar surface area (TPSA) is 107 Å². The highest BCUT2D eigenvalue weighted by Crippen LogP contribution is 2.34. The Morgan fingerprint density at radius 1 is 1.06 bits per heavy atom. The molecule has 11 heteroatoms. The average Bonchev–Trinajstić information content (AvgIpc) is 3.67. The lowest BCUT2D eigenvalue weighted by atomic mass is 9.96. The molecule has 1 N–H and O–H groups in total. The van der Waals surface area contributed by atoms with Crippen LogP contribution in [-0.4, -0.2) is 21.5 Å². The van der Waals surface area contributed by atoms with E-state index in [-0.39, 0.29) is 39.7 Å². The number of benzene rings is 2. The van der Waals surface area contributed by atoms with Crippen LogP contribution in [0.15, 0.2) is 62.0 Å². The van der Waals surface area contributed by atoms with E-state index in [1.54, 1.807) is 20.8 Å². The molecule has 1 aliphatic carbocycles. The minimum Gasteiger partial charge on any atom is -0.338 e. The number of halogens is 1. The molecule has 2 heterocycles. The van der Waals surface area contributed by atoms with Gasteiger partial charge in [0.2, 0.25) is 0 Å². The third-order valence-corrected chi connectivity index (χ3v) is 6.35. The number of pyridine rings is 1. The number of nitrogens with one attached hydrogen (secondary N) is 1. The summed E-state index contributed by atoms with van der Waals surface area (Å²) in [5.41, 5.74) is 0.0759. The lowest BCUT2D eigenvalue weighted by Crippen LogP contribution is -2.41. The predicted octanol–water partition coefficient (Wildman–Crippen LogP) is 2.03. The average molecular weight is 473 g/mol.